The lowest BCUT2D eigenvalue weighted by molar-refractivity contribution is -0.160. The number of thiazole rings is 1. The van der Waals surface area contributed by atoms with Crippen LogP contribution in [0.25, 0.3) is 10.2 Å². The van der Waals surface area contributed by atoms with E-state index in [9.17, 15) is 9.59 Å². The van der Waals surface area contributed by atoms with Crippen molar-refractivity contribution in [2.24, 2.45) is 0 Å². The Morgan fingerprint density at radius 2 is 2.00 bits per heavy atom. The van der Waals surface area contributed by atoms with Crippen molar-refractivity contribution in [3.63, 3.8) is 0 Å². The molecule has 1 amide bonds. The van der Waals surface area contributed by atoms with Gasteiger partial charge in [0.2, 0.25) is 5.91 Å². The van der Waals surface area contributed by atoms with Gasteiger partial charge in [-0.25, -0.2) is 9.78 Å². The second kappa shape index (κ2) is 9.24. The lowest BCUT2D eigenvalue weighted by Gasteiger charge is -2.43. The Morgan fingerprint density at radius 1 is 1.27 bits per heavy atom. The van der Waals surface area contributed by atoms with Gasteiger partial charge in [0.1, 0.15) is 6.61 Å². The van der Waals surface area contributed by atoms with Crippen molar-refractivity contribution >= 4 is 55.0 Å². The molecule has 0 aliphatic carbocycles. The van der Waals surface area contributed by atoms with Crippen LogP contribution in [-0.2, 0) is 20.9 Å². The SMILES string of the molecule is C=C(C)C(C(=O)OCc1ccccc1)N1C(=O)C[C@H]1SSc1nc2ccccc2s1. The summed E-state index contributed by atoms with van der Waals surface area (Å²) in [5, 5.41) is -0.125. The largest absolute Gasteiger partial charge is 0.459 e. The molecule has 0 saturated carbocycles. The van der Waals surface area contributed by atoms with Gasteiger partial charge >= 0.3 is 5.97 Å². The Labute approximate surface area is 186 Å². The van der Waals surface area contributed by atoms with E-state index in [2.05, 4.69) is 11.6 Å². The summed E-state index contributed by atoms with van der Waals surface area (Å²) < 4.78 is 7.55. The Kier molecular flexibility index (Phi) is 6.46. The number of aromatic nitrogens is 1. The third-order valence-corrected chi connectivity index (χ3v) is 8.67. The Bertz CT molecular complexity index is 1050. The number of β-lactam (4-membered cyclic amide) rings is 1. The molecule has 4 rings (SSSR count). The molecule has 2 aromatic carbocycles. The standard InChI is InChI=1S/C22H20N2O3S3/c1-14(2)20(21(26)27-13-15-8-4-3-5-9-15)24-18(25)12-19(24)29-30-22-23-16-10-6-7-11-17(16)28-22/h3-11,19-20H,1,12-13H2,2H3/t19-,20?/m1/s1. The highest BCUT2D eigenvalue weighted by atomic mass is 33.1. The fraction of sp³-hybridized carbons (Fsp3) is 0.227. The van der Waals surface area contributed by atoms with Crippen molar-refractivity contribution in [3.8, 4) is 0 Å². The van der Waals surface area contributed by atoms with Crippen molar-refractivity contribution in [2.45, 2.75) is 35.7 Å². The van der Waals surface area contributed by atoms with Crippen molar-refractivity contribution < 1.29 is 14.3 Å². The Hall–Kier alpha value is -2.29. The molecule has 0 radical (unpaired) electrons. The molecule has 154 valence electrons. The highest BCUT2D eigenvalue weighted by Crippen LogP contribution is 2.45. The maximum Gasteiger partial charge on any atom is 0.333 e. The molecule has 0 N–H and O–H groups in total. The average molecular weight is 457 g/mol. The number of fused-ring (bicyclic) bond motifs is 1. The number of ether oxygens (including phenoxy) is 1. The van der Waals surface area contributed by atoms with E-state index < -0.39 is 12.0 Å². The van der Waals surface area contributed by atoms with E-state index in [0.29, 0.717) is 12.0 Å². The maximum atomic E-state index is 12.8. The molecule has 1 saturated heterocycles. The predicted octanol–water partition coefficient (Wildman–Crippen LogP) is 5.28. The zero-order valence-corrected chi connectivity index (χ0v) is 18.8. The van der Waals surface area contributed by atoms with Crippen molar-refractivity contribution in [1.82, 2.24) is 9.88 Å². The molecule has 30 heavy (non-hydrogen) atoms. The normalized spacial score (nSPS) is 16.9. The molecule has 1 fully saturated rings. The summed E-state index contributed by atoms with van der Waals surface area (Å²) in [6.07, 6.45) is 0.387. The number of likely N-dealkylation sites (tertiary alicyclic amines) is 1. The van der Waals surface area contributed by atoms with Crippen LogP contribution < -0.4 is 0 Å². The molecule has 1 aromatic heterocycles. The Balaban J connectivity index is 1.40. The highest BCUT2D eigenvalue weighted by molar-refractivity contribution is 8.77. The number of para-hydroxylation sites is 1. The number of carbonyl (C=O) groups excluding carboxylic acids is 2. The summed E-state index contributed by atoms with van der Waals surface area (Å²) in [5.41, 5.74) is 2.46. The minimum Gasteiger partial charge on any atom is -0.459 e. The van der Waals surface area contributed by atoms with Crippen LogP contribution in [0.2, 0.25) is 0 Å². The number of benzene rings is 2. The summed E-state index contributed by atoms with van der Waals surface area (Å²) in [6, 6.07) is 16.7. The van der Waals surface area contributed by atoms with E-state index in [1.807, 2.05) is 54.6 Å². The van der Waals surface area contributed by atoms with Gasteiger partial charge < -0.3 is 9.64 Å². The van der Waals surface area contributed by atoms with Gasteiger partial charge in [0, 0.05) is 0 Å². The van der Waals surface area contributed by atoms with Gasteiger partial charge in [0.15, 0.2) is 10.4 Å². The number of amides is 1. The van der Waals surface area contributed by atoms with Crippen LogP contribution in [0.4, 0.5) is 0 Å². The first-order valence-corrected chi connectivity index (χ1v) is 12.4. The summed E-state index contributed by atoms with van der Waals surface area (Å²) in [7, 11) is 3.08. The third-order valence-electron chi connectivity index (χ3n) is 4.64. The molecule has 1 aliphatic rings. The van der Waals surface area contributed by atoms with Gasteiger partial charge in [-0.15, -0.1) is 11.3 Å². The summed E-state index contributed by atoms with van der Waals surface area (Å²) in [6.45, 7) is 5.85. The summed E-state index contributed by atoms with van der Waals surface area (Å²) in [5.74, 6) is -0.517. The van der Waals surface area contributed by atoms with Crippen LogP contribution in [-0.4, -0.2) is 33.2 Å². The van der Waals surface area contributed by atoms with Gasteiger partial charge in [-0.2, -0.15) is 0 Å². The first-order valence-electron chi connectivity index (χ1n) is 9.39. The molecule has 2 heterocycles. The molecular weight excluding hydrogens is 436 g/mol. The van der Waals surface area contributed by atoms with Gasteiger partial charge in [-0.1, -0.05) is 59.8 Å². The first kappa shape index (κ1) is 21.0. The summed E-state index contributed by atoms with van der Waals surface area (Å²) in [4.78, 5) is 31.3. The van der Waals surface area contributed by atoms with Gasteiger partial charge in [0.05, 0.1) is 22.0 Å². The van der Waals surface area contributed by atoms with Gasteiger partial charge in [-0.05, 0) is 41.0 Å². The summed E-state index contributed by atoms with van der Waals surface area (Å²) >= 11 is 1.62. The van der Waals surface area contributed by atoms with Crippen LogP contribution in [0.5, 0.6) is 0 Å². The topological polar surface area (TPSA) is 59.5 Å². The number of hydrogen-bond donors (Lipinski definition) is 0. The lowest BCUT2D eigenvalue weighted by Crippen LogP contribution is -2.58. The van der Waals surface area contributed by atoms with Crippen molar-refractivity contribution in [1.29, 1.82) is 0 Å². The zero-order chi connectivity index (χ0) is 21.1. The quantitative estimate of drug-likeness (QED) is 0.199. The fourth-order valence-electron chi connectivity index (χ4n) is 3.14. The smallest absolute Gasteiger partial charge is 0.333 e. The van der Waals surface area contributed by atoms with Gasteiger partial charge in [0.25, 0.3) is 0 Å². The van der Waals surface area contributed by atoms with E-state index in [1.165, 1.54) is 10.8 Å². The van der Waals surface area contributed by atoms with Crippen LogP contribution in [0, 0.1) is 0 Å². The maximum absolute atomic E-state index is 12.8. The fourth-order valence-corrected chi connectivity index (χ4v) is 6.94. The van der Waals surface area contributed by atoms with E-state index in [4.69, 9.17) is 4.74 Å². The molecule has 8 heteroatoms. The van der Waals surface area contributed by atoms with Crippen molar-refractivity contribution in [3.05, 3.63) is 72.3 Å². The number of esters is 1. The van der Waals surface area contributed by atoms with Crippen LogP contribution >= 0.6 is 32.9 Å². The minimum atomic E-state index is -0.775. The molecule has 5 nitrogen and oxygen atoms in total. The van der Waals surface area contributed by atoms with E-state index in [1.54, 1.807) is 34.0 Å². The molecule has 2 atom stereocenters. The molecule has 3 aromatic rings. The number of nitrogens with zero attached hydrogens (tertiary/aromatic N) is 2. The van der Waals surface area contributed by atoms with Gasteiger partial charge in [-0.3, -0.25) is 4.79 Å². The number of carbonyl (C=O) groups is 2. The van der Waals surface area contributed by atoms with E-state index in [-0.39, 0.29) is 17.9 Å². The molecule has 0 bridgehead atoms. The van der Waals surface area contributed by atoms with E-state index >= 15 is 0 Å². The highest BCUT2D eigenvalue weighted by Gasteiger charge is 2.45. The molecule has 1 unspecified atom stereocenters. The second-order valence-electron chi connectivity index (χ2n) is 6.93. The lowest BCUT2D eigenvalue weighted by atomic mass is 10.0. The number of rotatable bonds is 8. The van der Waals surface area contributed by atoms with Crippen LogP contribution in [0.1, 0.15) is 18.9 Å². The Morgan fingerprint density at radius 3 is 2.70 bits per heavy atom. The van der Waals surface area contributed by atoms with Crippen LogP contribution in [0.15, 0.2) is 71.1 Å². The second-order valence-corrected chi connectivity index (χ2v) is 10.6. The zero-order valence-electron chi connectivity index (χ0n) is 16.3. The average Bonchev–Trinajstić information content (AvgIpc) is 3.16. The number of hydrogen-bond acceptors (Lipinski definition) is 7. The van der Waals surface area contributed by atoms with E-state index in [0.717, 1.165) is 20.1 Å². The van der Waals surface area contributed by atoms with Crippen LogP contribution in [0.3, 0.4) is 0 Å². The molecule has 1 aliphatic heterocycles. The third kappa shape index (κ3) is 4.55. The predicted molar refractivity (Wildman–Crippen MR) is 123 cm³/mol. The monoisotopic (exact) mass is 456 g/mol. The first-order chi connectivity index (χ1) is 14.5. The van der Waals surface area contributed by atoms with Crippen molar-refractivity contribution in [2.75, 3.05) is 0 Å². The minimum absolute atomic E-state index is 0.0675. The molecule has 0 spiro atoms. The molecular formula is C22H20N2O3S3.